The highest BCUT2D eigenvalue weighted by atomic mass is 16.6. The molecule has 0 radical (unpaired) electrons. The van der Waals surface area contributed by atoms with Crippen molar-refractivity contribution >= 4 is 0 Å². The third-order valence-electron chi connectivity index (χ3n) is 3.75. The molecule has 0 aromatic carbocycles. The Hall–Kier alpha value is -0.0800. The summed E-state index contributed by atoms with van der Waals surface area (Å²) >= 11 is 0. The molecule has 0 aromatic heterocycles. The minimum atomic E-state index is 0.341. The number of epoxide rings is 1. The zero-order valence-electron chi connectivity index (χ0n) is 11.5. The van der Waals surface area contributed by atoms with Crippen LogP contribution in [0.5, 0.6) is 0 Å². The molecule has 2 heteroatoms. The lowest BCUT2D eigenvalue weighted by Gasteiger charge is -2.14. The van der Waals surface area contributed by atoms with E-state index >= 15 is 0 Å². The van der Waals surface area contributed by atoms with Gasteiger partial charge in [-0.15, -0.1) is 0 Å². The number of hydrogen-bond donors (Lipinski definition) is 1. The topological polar surface area (TPSA) is 32.8 Å². The first-order chi connectivity index (χ1) is 8.36. The van der Waals surface area contributed by atoms with Crippen molar-refractivity contribution in [2.24, 2.45) is 5.92 Å². The highest BCUT2D eigenvalue weighted by molar-refractivity contribution is 4.74. The van der Waals surface area contributed by atoms with E-state index in [-0.39, 0.29) is 0 Å². The summed E-state index contributed by atoms with van der Waals surface area (Å²) in [5.41, 5.74) is 0. The van der Waals surface area contributed by atoms with E-state index in [1.165, 1.54) is 57.8 Å². The molecule has 1 rings (SSSR count). The van der Waals surface area contributed by atoms with Crippen LogP contribution < -0.4 is 0 Å². The smallest absolute Gasteiger partial charge is 0.0812 e. The maximum Gasteiger partial charge on any atom is 0.0812 e. The second-order valence-corrected chi connectivity index (χ2v) is 5.48. The summed E-state index contributed by atoms with van der Waals surface area (Å²) in [6, 6.07) is 0. The molecule has 1 fully saturated rings. The van der Waals surface area contributed by atoms with E-state index in [2.05, 4.69) is 6.92 Å². The molecule has 2 unspecified atom stereocenters. The highest BCUT2D eigenvalue weighted by Crippen LogP contribution is 2.26. The molecule has 17 heavy (non-hydrogen) atoms. The fourth-order valence-corrected chi connectivity index (χ4v) is 2.53. The molecule has 1 aliphatic rings. The van der Waals surface area contributed by atoms with Crippen molar-refractivity contribution in [2.75, 3.05) is 13.2 Å². The zero-order chi connectivity index (χ0) is 12.3. The number of hydrogen-bond acceptors (Lipinski definition) is 2. The minimum Gasteiger partial charge on any atom is -0.396 e. The number of rotatable bonds is 12. The number of aliphatic hydroxyl groups excluding tert-OH is 1. The van der Waals surface area contributed by atoms with Gasteiger partial charge in [-0.1, -0.05) is 58.3 Å². The van der Waals surface area contributed by atoms with Gasteiger partial charge >= 0.3 is 0 Å². The fourth-order valence-electron chi connectivity index (χ4n) is 2.53. The lowest BCUT2D eigenvalue weighted by atomic mass is 9.93. The van der Waals surface area contributed by atoms with Gasteiger partial charge in [0.15, 0.2) is 0 Å². The van der Waals surface area contributed by atoms with Crippen molar-refractivity contribution in [3.8, 4) is 0 Å². The molecule has 1 aliphatic heterocycles. The van der Waals surface area contributed by atoms with Crippen molar-refractivity contribution in [1.29, 1.82) is 0 Å². The third kappa shape index (κ3) is 8.62. The molecular weight excluding hydrogens is 212 g/mol. The lowest BCUT2D eigenvalue weighted by Crippen LogP contribution is -2.06. The normalized spacial score (nSPS) is 20.5. The van der Waals surface area contributed by atoms with E-state index in [0.717, 1.165) is 13.0 Å². The molecule has 0 bridgehead atoms. The summed E-state index contributed by atoms with van der Waals surface area (Å²) in [5, 5.41) is 9.03. The van der Waals surface area contributed by atoms with E-state index in [1.807, 2.05) is 0 Å². The first-order valence-corrected chi connectivity index (χ1v) is 7.59. The second kappa shape index (κ2) is 9.90. The van der Waals surface area contributed by atoms with E-state index < -0.39 is 0 Å². The number of unbranched alkanes of at least 4 members (excludes halogenated alkanes) is 6. The van der Waals surface area contributed by atoms with Crippen molar-refractivity contribution in [2.45, 2.75) is 77.2 Å². The Bertz CT molecular complexity index is 166. The molecule has 1 N–H and O–H groups in total. The molecule has 0 saturated carbocycles. The Morgan fingerprint density at radius 3 is 2.29 bits per heavy atom. The Morgan fingerprint density at radius 2 is 1.71 bits per heavy atom. The Labute approximate surface area is 107 Å². The zero-order valence-corrected chi connectivity index (χ0v) is 11.5. The van der Waals surface area contributed by atoms with Gasteiger partial charge in [-0.2, -0.15) is 0 Å². The van der Waals surface area contributed by atoms with E-state index in [1.54, 1.807) is 0 Å². The molecule has 0 spiro atoms. The summed E-state index contributed by atoms with van der Waals surface area (Å²) in [5.74, 6) is 0.697. The van der Waals surface area contributed by atoms with Crippen LogP contribution in [0.15, 0.2) is 0 Å². The van der Waals surface area contributed by atoms with Gasteiger partial charge in [0, 0.05) is 6.61 Å². The summed E-state index contributed by atoms with van der Waals surface area (Å²) in [6.07, 6.45) is 13.6. The van der Waals surface area contributed by atoms with Crippen LogP contribution >= 0.6 is 0 Å². The van der Waals surface area contributed by atoms with Crippen molar-refractivity contribution in [3.63, 3.8) is 0 Å². The Balaban J connectivity index is 1.90. The monoisotopic (exact) mass is 242 g/mol. The first kappa shape index (κ1) is 15.0. The van der Waals surface area contributed by atoms with E-state index in [9.17, 15) is 0 Å². The average Bonchev–Trinajstić information content (AvgIpc) is 3.12. The van der Waals surface area contributed by atoms with Crippen LogP contribution in [-0.4, -0.2) is 24.4 Å². The first-order valence-electron chi connectivity index (χ1n) is 7.59. The average molecular weight is 242 g/mol. The van der Waals surface area contributed by atoms with Crippen LogP contribution in [0.3, 0.4) is 0 Å². The molecule has 2 atom stereocenters. The molecule has 0 aromatic rings. The van der Waals surface area contributed by atoms with Crippen LogP contribution in [0.2, 0.25) is 0 Å². The fraction of sp³-hybridized carbons (Fsp3) is 1.00. The van der Waals surface area contributed by atoms with Crippen LogP contribution in [0, 0.1) is 5.92 Å². The van der Waals surface area contributed by atoms with Crippen LogP contribution in [-0.2, 0) is 4.74 Å². The van der Waals surface area contributed by atoms with Gasteiger partial charge in [0.2, 0.25) is 0 Å². The van der Waals surface area contributed by atoms with Gasteiger partial charge in [-0.3, -0.25) is 0 Å². The quantitative estimate of drug-likeness (QED) is 0.415. The summed E-state index contributed by atoms with van der Waals surface area (Å²) in [7, 11) is 0. The Kier molecular flexibility index (Phi) is 8.72. The minimum absolute atomic E-state index is 0.341. The molecule has 1 heterocycles. The molecule has 1 saturated heterocycles. The van der Waals surface area contributed by atoms with Crippen molar-refractivity contribution in [1.82, 2.24) is 0 Å². The second-order valence-electron chi connectivity index (χ2n) is 5.48. The van der Waals surface area contributed by atoms with E-state index in [4.69, 9.17) is 9.84 Å². The number of aliphatic hydroxyl groups is 1. The molecular formula is C15H30O2. The molecule has 102 valence electrons. The predicted molar refractivity (Wildman–Crippen MR) is 72.2 cm³/mol. The summed E-state index contributed by atoms with van der Waals surface area (Å²) in [6.45, 7) is 3.56. The molecule has 0 amide bonds. The van der Waals surface area contributed by atoms with E-state index in [0.29, 0.717) is 18.6 Å². The lowest BCUT2D eigenvalue weighted by molar-refractivity contribution is 0.233. The molecule has 2 nitrogen and oxygen atoms in total. The highest BCUT2D eigenvalue weighted by Gasteiger charge is 2.25. The van der Waals surface area contributed by atoms with Gasteiger partial charge in [0.05, 0.1) is 12.7 Å². The van der Waals surface area contributed by atoms with Gasteiger partial charge in [-0.25, -0.2) is 0 Å². The van der Waals surface area contributed by atoms with Crippen LogP contribution in [0.25, 0.3) is 0 Å². The van der Waals surface area contributed by atoms with Gasteiger partial charge in [-0.05, 0) is 18.8 Å². The van der Waals surface area contributed by atoms with Gasteiger partial charge < -0.3 is 9.84 Å². The SMILES string of the molecule is CCCCCCCCCC(CCO)CC1CO1. The van der Waals surface area contributed by atoms with Crippen LogP contribution in [0.1, 0.15) is 71.1 Å². The summed E-state index contributed by atoms with van der Waals surface area (Å²) < 4.78 is 5.28. The maximum absolute atomic E-state index is 9.03. The van der Waals surface area contributed by atoms with Gasteiger partial charge in [0.1, 0.15) is 0 Å². The van der Waals surface area contributed by atoms with Crippen molar-refractivity contribution in [3.05, 3.63) is 0 Å². The summed E-state index contributed by atoms with van der Waals surface area (Å²) in [4.78, 5) is 0. The number of ether oxygens (including phenoxy) is 1. The predicted octanol–water partition coefficient (Wildman–Crippen LogP) is 3.91. The largest absolute Gasteiger partial charge is 0.396 e. The Morgan fingerprint density at radius 1 is 1.06 bits per heavy atom. The standard InChI is InChI=1S/C15H30O2/c1-2-3-4-5-6-7-8-9-14(10-11-16)12-15-13-17-15/h14-16H,2-13H2,1H3. The maximum atomic E-state index is 9.03. The molecule has 0 aliphatic carbocycles. The van der Waals surface area contributed by atoms with Crippen molar-refractivity contribution < 1.29 is 9.84 Å². The van der Waals surface area contributed by atoms with Gasteiger partial charge in [0.25, 0.3) is 0 Å². The van der Waals surface area contributed by atoms with Crippen LogP contribution in [0.4, 0.5) is 0 Å². The third-order valence-corrected chi connectivity index (χ3v) is 3.75.